The van der Waals surface area contributed by atoms with E-state index in [1.807, 2.05) is 6.92 Å². The Balaban J connectivity index is 2.41. The average Bonchev–Trinajstić information content (AvgIpc) is 2.05. The zero-order valence-electron chi connectivity index (χ0n) is 7.03. The van der Waals surface area contributed by atoms with E-state index in [0.29, 0.717) is 25.5 Å². The Hall–Kier alpha value is -1.23. The van der Waals surface area contributed by atoms with Gasteiger partial charge in [0, 0.05) is 13.0 Å². The largest absolute Gasteiger partial charge is 0.381 e. The lowest BCUT2D eigenvalue weighted by Gasteiger charge is -1.99. The third-order valence-corrected chi connectivity index (χ3v) is 1.31. The van der Waals surface area contributed by atoms with Crippen molar-refractivity contribution in [2.45, 2.75) is 13.3 Å². The summed E-state index contributed by atoms with van der Waals surface area (Å²) >= 11 is 0. The number of aromatic nitrogens is 3. The van der Waals surface area contributed by atoms with Gasteiger partial charge in [-0.3, -0.25) is 0 Å². The molecule has 5 nitrogen and oxygen atoms in total. The molecule has 2 N–H and O–H groups in total. The minimum Gasteiger partial charge on any atom is -0.381 e. The maximum Gasteiger partial charge on any atom is 0.223 e. The van der Waals surface area contributed by atoms with Crippen molar-refractivity contribution in [3.63, 3.8) is 0 Å². The van der Waals surface area contributed by atoms with E-state index in [0.717, 1.165) is 0 Å². The fourth-order valence-electron chi connectivity index (χ4n) is 0.773. The van der Waals surface area contributed by atoms with Gasteiger partial charge in [0.15, 0.2) is 0 Å². The standard InChI is InChI=1S/C7H12N4O/c1-2-12-4-3-6-9-5-10-7(8)11-6/h5H,2-4H2,1H3,(H2,8,9,10,11). The average molecular weight is 168 g/mol. The molecule has 1 aromatic heterocycles. The topological polar surface area (TPSA) is 73.9 Å². The van der Waals surface area contributed by atoms with Crippen molar-refractivity contribution in [1.82, 2.24) is 15.0 Å². The molecule has 12 heavy (non-hydrogen) atoms. The third-order valence-electron chi connectivity index (χ3n) is 1.31. The number of nitrogens with zero attached hydrogens (tertiary/aromatic N) is 3. The lowest BCUT2D eigenvalue weighted by atomic mass is 10.4. The van der Waals surface area contributed by atoms with Crippen LogP contribution in [0.4, 0.5) is 5.95 Å². The van der Waals surface area contributed by atoms with E-state index in [2.05, 4.69) is 15.0 Å². The van der Waals surface area contributed by atoms with Crippen molar-refractivity contribution in [3.8, 4) is 0 Å². The van der Waals surface area contributed by atoms with Crippen LogP contribution in [0.1, 0.15) is 12.7 Å². The highest BCUT2D eigenvalue weighted by atomic mass is 16.5. The molecule has 1 aromatic rings. The van der Waals surface area contributed by atoms with Gasteiger partial charge in [0.1, 0.15) is 12.2 Å². The number of hydrogen-bond donors (Lipinski definition) is 1. The van der Waals surface area contributed by atoms with Gasteiger partial charge in [-0.2, -0.15) is 4.98 Å². The summed E-state index contributed by atoms with van der Waals surface area (Å²) in [5, 5.41) is 0. The Labute approximate surface area is 71.0 Å². The van der Waals surface area contributed by atoms with Crippen molar-refractivity contribution < 1.29 is 4.74 Å². The summed E-state index contributed by atoms with van der Waals surface area (Å²) in [6, 6.07) is 0. The first-order valence-corrected chi connectivity index (χ1v) is 3.84. The van der Waals surface area contributed by atoms with E-state index in [9.17, 15) is 0 Å². The molecular formula is C7H12N4O. The minimum absolute atomic E-state index is 0.261. The SMILES string of the molecule is CCOCCc1ncnc(N)n1. The van der Waals surface area contributed by atoms with E-state index >= 15 is 0 Å². The maximum atomic E-state index is 5.36. The zero-order chi connectivity index (χ0) is 8.81. The van der Waals surface area contributed by atoms with Crippen LogP contribution in [0.15, 0.2) is 6.33 Å². The van der Waals surface area contributed by atoms with E-state index in [-0.39, 0.29) is 5.95 Å². The van der Waals surface area contributed by atoms with Gasteiger partial charge >= 0.3 is 0 Å². The van der Waals surface area contributed by atoms with Crippen LogP contribution in [0, 0.1) is 0 Å². The molecule has 66 valence electrons. The molecule has 0 aromatic carbocycles. The van der Waals surface area contributed by atoms with Crippen LogP contribution >= 0.6 is 0 Å². The number of anilines is 1. The summed E-state index contributed by atoms with van der Waals surface area (Å²) in [5.74, 6) is 0.937. The highest BCUT2D eigenvalue weighted by Crippen LogP contribution is 1.93. The molecule has 1 rings (SSSR count). The van der Waals surface area contributed by atoms with Gasteiger partial charge in [0.05, 0.1) is 6.61 Å². The summed E-state index contributed by atoms with van der Waals surface area (Å²) in [7, 11) is 0. The lowest BCUT2D eigenvalue weighted by molar-refractivity contribution is 0.149. The molecule has 0 aliphatic heterocycles. The molecule has 5 heteroatoms. The van der Waals surface area contributed by atoms with Gasteiger partial charge in [-0.15, -0.1) is 0 Å². The molecule has 0 fully saturated rings. The van der Waals surface area contributed by atoms with Crippen LogP contribution < -0.4 is 5.73 Å². The van der Waals surface area contributed by atoms with Crippen LogP contribution in [0.5, 0.6) is 0 Å². The van der Waals surface area contributed by atoms with Gasteiger partial charge < -0.3 is 10.5 Å². The molecule has 0 spiro atoms. The molecule has 0 aliphatic rings. The number of nitrogen functional groups attached to an aromatic ring is 1. The highest BCUT2D eigenvalue weighted by molar-refractivity contribution is 5.12. The zero-order valence-corrected chi connectivity index (χ0v) is 7.03. The van der Waals surface area contributed by atoms with Crippen molar-refractivity contribution in [2.24, 2.45) is 0 Å². The van der Waals surface area contributed by atoms with E-state index in [4.69, 9.17) is 10.5 Å². The number of ether oxygens (including phenoxy) is 1. The molecular weight excluding hydrogens is 156 g/mol. The Morgan fingerprint density at radius 2 is 2.33 bits per heavy atom. The van der Waals surface area contributed by atoms with Crippen LogP contribution in [0.2, 0.25) is 0 Å². The first kappa shape index (κ1) is 8.86. The number of rotatable bonds is 4. The van der Waals surface area contributed by atoms with Crippen molar-refractivity contribution >= 4 is 5.95 Å². The normalized spacial score (nSPS) is 10.1. The molecule has 0 radical (unpaired) electrons. The summed E-state index contributed by atoms with van der Waals surface area (Å²) in [6.07, 6.45) is 2.09. The van der Waals surface area contributed by atoms with Gasteiger partial charge in [0.25, 0.3) is 0 Å². The number of hydrogen-bond acceptors (Lipinski definition) is 5. The van der Waals surface area contributed by atoms with Crippen LogP contribution in [0.25, 0.3) is 0 Å². The second kappa shape index (κ2) is 4.61. The molecule has 0 atom stereocenters. The van der Waals surface area contributed by atoms with Crippen LogP contribution in [-0.4, -0.2) is 28.2 Å². The highest BCUT2D eigenvalue weighted by Gasteiger charge is 1.96. The smallest absolute Gasteiger partial charge is 0.223 e. The lowest BCUT2D eigenvalue weighted by Crippen LogP contribution is -2.05. The quantitative estimate of drug-likeness (QED) is 0.642. The maximum absolute atomic E-state index is 5.36. The van der Waals surface area contributed by atoms with Crippen LogP contribution in [-0.2, 0) is 11.2 Å². The van der Waals surface area contributed by atoms with E-state index in [1.165, 1.54) is 6.33 Å². The third kappa shape index (κ3) is 2.79. The Bertz CT molecular complexity index is 241. The van der Waals surface area contributed by atoms with Crippen LogP contribution in [0.3, 0.4) is 0 Å². The number of nitrogens with two attached hydrogens (primary N) is 1. The van der Waals surface area contributed by atoms with Gasteiger partial charge in [0.2, 0.25) is 5.95 Å². The Kier molecular flexibility index (Phi) is 3.40. The van der Waals surface area contributed by atoms with Crippen molar-refractivity contribution in [3.05, 3.63) is 12.2 Å². The molecule has 0 saturated heterocycles. The monoisotopic (exact) mass is 168 g/mol. The van der Waals surface area contributed by atoms with Gasteiger partial charge in [-0.25, -0.2) is 9.97 Å². The van der Waals surface area contributed by atoms with Crippen molar-refractivity contribution in [2.75, 3.05) is 18.9 Å². The molecule has 0 saturated carbocycles. The summed E-state index contributed by atoms with van der Waals surface area (Å²) in [4.78, 5) is 11.5. The molecule has 1 heterocycles. The summed E-state index contributed by atoms with van der Waals surface area (Å²) < 4.78 is 5.14. The predicted octanol–water partition coefficient (Wildman–Crippen LogP) is 0.0328. The van der Waals surface area contributed by atoms with E-state index in [1.54, 1.807) is 0 Å². The second-order valence-electron chi connectivity index (χ2n) is 2.21. The van der Waals surface area contributed by atoms with Crippen molar-refractivity contribution in [1.29, 1.82) is 0 Å². The molecule has 0 bridgehead atoms. The predicted molar refractivity (Wildman–Crippen MR) is 44.4 cm³/mol. The Morgan fingerprint density at radius 1 is 1.50 bits per heavy atom. The first-order valence-electron chi connectivity index (χ1n) is 3.84. The second-order valence-corrected chi connectivity index (χ2v) is 2.21. The fraction of sp³-hybridized carbons (Fsp3) is 0.571. The van der Waals surface area contributed by atoms with Gasteiger partial charge in [-0.05, 0) is 6.92 Å². The molecule has 0 aliphatic carbocycles. The van der Waals surface area contributed by atoms with E-state index < -0.39 is 0 Å². The molecule has 0 amide bonds. The minimum atomic E-state index is 0.261. The summed E-state index contributed by atoms with van der Waals surface area (Å²) in [5.41, 5.74) is 5.36. The summed E-state index contributed by atoms with van der Waals surface area (Å²) in [6.45, 7) is 3.28. The Morgan fingerprint density at radius 3 is 3.00 bits per heavy atom. The first-order chi connectivity index (χ1) is 5.83. The van der Waals surface area contributed by atoms with Gasteiger partial charge in [-0.1, -0.05) is 0 Å². The fourth-order valence-corrected chi connectivity index (χ4v) is 0.773. The molecule has 0 unspecified atom stereocenters.